The SMILES string of the molecule is COc1cc(CO)cc(C(=O)NC(=O)Nc2ccc3c(c2)NC(=O)C3=Cc2ccc[nH]2)c1. The van der Waals surface area contributed by atoms with Gasteiger partial charge in [0, 0.05) is 28.7 Å². The summed E-state index contributed by atoms with van der Waals surface area (Å²) in [5.74, 6) is -0.509. The molecule has 9 heteroatoms. The normalized spacial score (nSPS) is 13.4. The molecule has 1 aliphatic heterocycles. The minimum Gasteiger partial charge on any atom is -0.497 e. The average Bonchev–Trinajstić information content (AvgIpc) is 3.41. The first-order valence-electron chi connectivity index (χ1n) is 9.69. The highest BCUT2D eigenvalue weighted by Gasteiger charge is 2.24. The van der Waals surface area contributed by atoms with Gasteiger partial charge in [0.25, 0.3) is 11.8 Å². The van der Waals surface area contributed by atoms with E-state index in [1.807, 2.05) is 12.1 Å². The molecular weight excluding hydrogens is 412 g/mol. The van der Waals surface area contributed by atoms with Crippen molar-refractivity contribution in [2.24, 2.45) is 0 Å². The minimum absolute atomic E-state index is 0.170. The molecule has 32 heavy (non-hydrogen) atoms. The molecule has 0 saturated heterocycles. The van der Waals surface area contributed by atoms with Crippen molar-refractivity contribution >= 4 is 40.9 Å². The Labute approximate surface area is 183 Å². The van der Waals surface area contributed by atoms with Crippen LogP contribution < -0.4 is 20.7 Å². The number of amides is 4. The molecule has 5 N–H and O–H groups in total. The van der Waals surface area contributed by atoms with Gasteiger partial charge in [-0.05, 0) is 54.1 Å². The summed E-state index contributed by atoms with van der Waals surface area (Å²) in [6.07, 6.45) is 3.51. The maximum atomic E-state index is 12.4. The van der Waals surface area contributed by atoms with Gasteiger partial charge in [-0.2, -0.15) is 0 Å². The van der Waals surface area contributed by atoms with Crippen molar-refractivity contribution in [2.45, 2.75) is 6.61 Å². The number of rotatable bonds is 5. The number of H-pyrrole nitrogens is 1. The Kier molecular flexibility index (Phi) is 5.73. The summed E-state index contributed by atoms with van der Waals surface area (Å²) in [6, 6.07) is 12.4. The standard InChI is InChI=1S/C23H20N4O5/c1-32-17-8-13(12-28)7-14(9-17)21(29)27-23(31)25-16-4-5-18-19(10-15-3-2-6-24-15)22(30)26-20(18)11-16/h2-11,24,28H,12H2,1H3,(H,26,30)(H2,25,27,29,31). The first-order valence-corrected chi connectivity index (χ1v) is 9.69. The molecular formula is C23H20N4O5. The van der Waals surface area contributed by atoms with Gasteiger partial charge >= 0.3 is 6.03 Å². The van der Waals surface area contributed by atoms with Crippen molar-refractivity contribution in [1.29, 1.82) is 0 Å². The lowest BCUT2D eigenvalue weighted by Gasteiger charge is -2.10. The molecule has 0 unspecified atom stereocenters. The fraction of sp³-hybridized carbons (Fsp3) is 0.0870. The van der Waals surface area contributed by atoms with E-state index in [9.17, 15) is 19.5 Å². The molecule has 3 aromatic rings. The number of hydrogen-bond acceptors (Lipinski definition) is 5. The Bertz CT molecular complexity index is 1210. The molecule has 4 amide bonds. The first-order chi connectivity index (χ1) is 15.5. The number of ether oxygens (including phenoxy) is 1. The van der Waals surface area contributed by atoms with Gasteiger partial charge in [0.2, 0.25) is 0 Å². The fourth-order valence-electron chi connectivity index (χ4n) is 3.34. The van der Waals surface area contributed by atoms with E-state index in [2.05, 4.69) is 20.9 Å². The Morgan fingerprint density at radius 2 is 2.00 bits per heavy atom. The van der Waals surface area contributed by atoms with Crippen LogP contribution in [0.15, 0.2) is 54.7 Å². The number of nitrogens with one attached hydrogen (secondary N) is 4. The Hall–Kier alpha value is -4.37. The van der Waals surface area contributed by atoms with Crippen molar-refractivity contribution in [3.63, 3.8) is 0 Å². The summed E-state index contributed by atoms with van der Waals surface area (Å²) in [5, 5.41) is 16.9. The number of imide groups is 1. The maximum Gasteiger partial charge on any atom is 0.326 e. The van der Waals surface area contributed by atoms with E-state index in [0.717, 1.165) is 5.69 Å². The number of aromatic nitrogens is 1. The number of carbonyl (C=O) groups is 3. The predicted molar refractivity (Wildman–Crippen MR) is 119 cm³/mol. The van der Waals surface area contributed by atoms with E-state index in [4.69, 9.17) is 4.74 Å². The number of methoxy groups -OCH3 is 1. The zero-order valence-electron chi connectivity index (χ0n) is 17.1. The van der Waals surface area contributed by atoms with Crippen LogP contribution in [0.1, 0.15) is 27.2 Å². The quantitative estimate of drug-likeness (QED) is 0.396. The minimum atomic E-state index is -0.741. The summed E-state index contributed by atoms with van der Waals surface area (Å²) < 4.78 is 5.11. The molecule has 0 aliphatic carbocycles. The highest BCUT2D eigenvalue weighted by Crippen LogP contribution is 2.34. The molecule has 0 bridgehead atoms. The van der Waals surface area contributed by atoms with Gasteiger partial charge in [-0.1, -0.05) is 6.07 Å². The van der Waals surface area contributed by atoms with Crippen molar-refractivity contribution in [1.82, 2.24) is 10.3 Å². The summed E-state index contributed by atoms with van der Waals surface area (Å²) in [5.41, 5.74) is 3.61. The third kappa shape index (κ3) is 4.37. The maximum absolute atomic E-state index is 12.4. The third-order valence-electron chi connectivity index (χ3n) is 4.86. The van der Waals surface area contributed by atoms with E-state index in [1.165, 1.54) is 19.2 Å². The number of aliphatic hydroxyl groups excluding tert-OH is 1. The molecule has 1 aliphatic rings. The first kappa shape index (κ1) is 20.9. The number of benzene rings is 2. The van der Waals surface area contributed by atoms with Crippen molar-refractivity contribution in [3.8, 4) is 5.75 Å². The zero-order chi connectivity index (χ0) is 22.7. The Morgan fingerprint density at radius 1 is 1.16 bits per heavy atom. The predicted octanol–water partition coefficient (Wildman–Crippen LogP) is 2.97. The molecule has 0 atom stereocenters. The molecule has 0 saturated carbocycles. The molecule has 162 valence electrons. The van der Waals surface area contributed by atoms with Gasteiger partial charge in [-0.15, -0.1) is 0 Å². The van der Waals surface area contributed by atoms with Crippen LogP contribution in [-0.4, -0.2) is 35.0 Å². The number of aromatic amines is 1. The number of fused-ring (bicyclic) bond motifs is 1. The van der Waals surface area contributed by atoms with Crippen LogP contribution in [0.2, 0.25) is 0 Å². The summed E-state index contributed by atoms with van der Waals surface area (Å²) in [4.78, 5) is 40.1. The van der Waals surface area contributed by atoms with E-state index >= 15 is 0 Å². The highest BCUT2D eigenvalue weighted by atomic mass is 16.5. The number of hydrogen-bond donors (Lipinski definition) is 5. The molecule has 2 heterocycles. The largest absolute Gasteiger partial charge is 0.497 e. The Balaban J connectivity index is 1.46. The summed E-state index contributed by atoms with van der Waals surface area (Å²) >= 11 is 0. The number of carbonyl (C=O) groups excluding carboxylic acids is 3. The van der Waals surface area contributed by atoms with Crippen LogP contribution in [0.25, 0.3) is 11.6 Å². The molecule has 4 rings (SSSR count). The van der Waals surface area contributed by atoms with Gasteiger partial charge in [-0.25, -0.2) is 4.79 Å². The lowest BCUT2D eigenvalue weighted by molar-refractivity contribution is -0.110. The third-order valence-corrected chi connectivity index (χ3v) is 4.86. The lowest BCUT2D eigenvalue weighted by atomic mass is 10.1. The fourth-order valence-corrected chi connectivity index (χ4v) is 3.34. The van der Waals surface area contributed by atoms with Crippen LogP contribution in [0.4, 0.5) is 16.2 Å². The Morgan fingerprint density at radius 3 is 2.72 bits per heavy atom. The second kappa shape index (κ2) is 8.78. The van der Waals surface area contributed by atoms with Gasteiger partial charge in [0.05, 0.1) is 25.0 Å². The molecule has 9 nitrogen and oxygen atoms in total. The van der Waals surface area contributed by atoms with Crippen LogP contribution in [0.3, 0.4) is 0 Å². The van der Waals surface area contributed by atoms with Gasteiger partial charge in [-0.3, -0.25) is 14.9 Å². The topological polar surface area (TPSA) is 133 Å². The van der Waals surface area contributed by atoms with E-state index < -0.39 is 11.9 Å². The molecule has 0 radical (unpaired) electrons. The van der Waals surface area contributed by atoms with Crippen LogP contribution in [-0.2, 0) is 11.4 Å². The summed E-state index contributed by atoms with van der Waals surface area (Å²) in [7, 11) is 1.44. The van der Waals surface area contributed by atoms with Crippen molar-refractivity contribution in [2.75, 3.05) is 17.7 Å². The van der Waals surface area contributed by atoms with E-state index in [-0.39, 0.29) is 18.1 Å². The second-order valence-electron chi connectivity index (χ2n) is 7.03. The van der Waals surface area contributed by atoms with Crippen LogP contribution in [0.5, 0.6) is 5.75 Å². The monoisotopic (exact) mass is 432 g/mol. The molecule has 0 fully saturated rings. The van der Waals surface area contributed by atoms with E-state index in [0.29, 0.717) is 33.8 Å². The smallest absolute Gasteiger partial charge is 0.326 e. The summed E-state index contributed by atoms with van der Waals surface area (Å²) in [6.45, 7) is -0.273. The van der Waals surface area contributed by atoms with Gasteiger partial charge in [0.1, 0.15) is 5.75 Å². The van der Waals surface area contributed by atoms with Crippen molar-refractivity contribution in [3.05, 3.63) is 77.1 Å². The number of anilines is 2. The number of urea groups is 1. The second-order valence-corrected chi connectivity index (χ2v) is 7.03. The average molecular weight is 432 g/mol. The molecule has 0 spiro atoms. The van der Waals surface area contributed by atoms with Gasteiger partial charge in [0.15, 0.2) is 0 Å². The van der Waals surface area contributed by atoms with Gasteiger partial charge < -0.3 is 25.5 Å². The molecule has 1 aromatic heterocycles. The highest BCUT2D eigenvalue weighted by molar-refractivity contribution is 6.35. The lowest BCUT2D eigenvalue weighted by Crippen LogP contribution is -2.34. The van der Waals surface area contributed by atoms with Crippen LogP contribution in [0, 0.1) is 0 Å². The van der Waals surface area contributed by atoms with E-state index in [1.54, 1.807) is 36.5 Å². The molecule has 2 aromatic carbocycles. The van der Waals surface area contributed by atoms with Crippen molar-refractivity contribution < 1.29 is 24.2 Å². The van der Waals surface area contributed by atoms with Crippen LogP contribution >= 0.6 is 0 Å². The number of aliphatic hydroxyl groups is 1. The zero-order valence-corrected chi connectivity index (χ0v) is 17.1.